The minimum atomic E-state index is 0.0260. The SMILES string of the molecule is CC[C@@H](N)c1cn([C@@H]2CCNC2)nn1. The zero-order valence-corrected chi connectivity index (χ0v) is 8.48. The molecule has 0 radical (unpaired) electrons. The molecular weight excluding hydrogens is 178 g/mol. The van der Waals surface area contributed by atoms with Gasteiger partial charge in [-0.1, -0.05) is 12.1 Å². The molecule has 0 aromatic carbocycles. The standard InChI is InChI=1S/C9H17N5/c1-2-8(10)9-6-14(13-12-9)7-3-4-11-5-7/h6-8,11H,2-5,10H2,1H3/t7-,8-/m1/s1. The summed E-state index contributed by atoms with van der Waals surface area (Å²) in [4.78, 5) is 0. The van der Waals surface area contributed by atoms with Crippen LogP contribution in [0.2, 0.25) is 0 Å². The summed E-state index contributed by atoms with van der Waals surface area (Å²) in [7, 11) is 0. The molecule has 0 unspecified atom stereocenters. The fourth-order valence-electron chi connectivity index (χ4n) is 1.71. The molecule has 1 aliphatic heterocycles. The van der Waals surface area contributed by atoms with Gasteiger partial charge >= 0.3 is 0 Å². The van der Waals surface area contributed by atoms with Crippen LogP contribution in [0.1, 0.15) is 37.5 Å². The van der Waals surface area contributed by atoms with Gasteiger partial charge in [0.05, 0.1) is 24.0 Å². The normalized spacial score (nSPS) is 24.0. The Bertz CT molecular complexity index is 289. The van der Waals surface area contributed by atoms with Crippen molar-refractivity contribution < 1.29 is 0 Å². The number of nitrogens with two attached hydrogens (primary N) is 1. The molecular formula is C9H17N5. The molecule has 1 aromatic heterocycles. The largest absolute Gasteiger partial charge is 0.323 e. The summed E-state index contributed by atoms with van der Waals surface area (Å²) in [5, 5.41) is 11.5. The fraction of sp³-hybridized carbons (Fsp3) is 0.778. The Balaban J connectivity index is 2.08. The zero-order chi connectivity index (χ0) is 9.97. The highest BCUT2D eigenvalue weighted by Crippen LogP contribution is 2.16. The Morgan fingerprint density at radius 3 is 3.29 bits per heavy atom. The Labute approximate surface area is 83.7 Å². The molecule has 1 fully saturated rings. The van der Waals surface area contributed by atoms with Crippen molar-refractivity contribution in [1.82, 2.24) is 20.3 Å². The van der Waals surface area contributed by atoms with Crippen LogP contribution in [0.5, 0.6) is 0 Å². The van der Waals surface area contributed by atoms with Crippen LogP contribution in [0.15, 0.2) is 6.20 Å². The molecule has 0 saturated carbocycles. The van der Waals surface area contributed by atoms with Gasteiger partial charge in [-0.05, 0) is 19.4 Å². The van der Waals surface area contributed by atoms with Crippen LogP contribution in [0.25, 0.3) is 0 Å². The number of aromatic nitrogens is 3. The van der Waals surface area contributed by atoms with Gasteiger partial charge in [-0.2, -0.15) is 0 Å². The second-order valence-electron chi connectivity index (χ2n) is 3.78. The number of rotatable bonds is 3. The highest BCUT2D eigenvalue weighted by atomic mass is 15.4. The number of hydrogen-bond donors (Lipinski definition) is 2. The first-order chi connectivity index (χ1) is 6.81. The first-order valence-corrected chi connectivity index (χ1v) is 5.19. The minimum Gasteiger partial charge on any atom is -0.323 e. The van der Waals surface area contributed by atoms with Crippen LogP contribution in [0, 0.1) is 0 Å². The van der Waals surface area contributed by atoms with E-state index in [4.69, 9.17) is 5.73 Å². The molecule has 5 heteroatoms. The maximum Gasteiger partial charge on any atom is 0.0994 e. The monoisotopic (exact) mass is 195 g/mol. The van der Waals surface area contributed by atoms with Gasteiger partial charge in [-0.25, -0.2) is 4.68 Å². The minimum absolute atomic E-state index is 0.0260. The van der Waals surface area contributed by atoms with E-state index in [0.29, 0.717) is 6.04 Å². The molecule has 14 heavy (non-hydrogen) atoms. The lowest BCUT2D eigenvalue weighted by Gasteiger charge is -2.06. The second kappa shape index (κ2) is 4.06. The molecule has 1 saturated heterocycles. The molecule has 3 N–H and O–H groups in total. The molecule has 2 rings (SSSR count). The first-order valence-electron chi connectivity index (χ1n) is 5.19. The van der Waals surface area contributed by atoms with E-state index >= 15 is 0 Å². The van der Waals surface area contributed by atoms with Crippen LogP contribution in [0.3, 0.4) is 0 Å². The average Bonchev–Trinajstić information content (AvgIpc) is 2.86. The first kappa shape index (κ1) is 9.61. The third kappa shape index (κ3) is 1.78. The van der Waals surface area contributed by atoms with E-state index in [1.54, 1.807) is 0 Å². The van der Waals surface area contributed by atoms with Gasteiger partial charge in [0.2, 0.25) is 0 Å². The molecule has 0 aliphatic carbocycles. The highest BCUT2D eigenvalue weighted by Gasteiger charge is 2.18. The van der Waals surface area contributed by atoms with Crippen molar-refractivity contribution in [2.45, 2.75) is 31.8 Å². The van der Waals surface area contributed by atoms with Crippen LogP contribution in [-0.2, 0) is 0 Å². The maximum absolute atomic E-state index is 5.87. The smallest absolute Gasteiger partial charge is 0.0994 e. The Hall–Kier alpha value is -0.940. The summed E-state index contributed by atoms with van der Waals surface area (Å²) in [6.45, 7) is 4.12. The van der Waals surface area contributed by atoms with Crippen molar-refractivity contribution >= 4 is 0 Å². The number of nitrogens with zero attached hydrogens (tertiary/aromatic N) is 3. The van der Waals surface area contributed by atoms with E-state index in [1.807, 2.05) is 10.9 Å². The van der Waals surface area contributed by atoms with Crippen LogP contribution in [-0.4, -0.2) is 28.1 Å². The fourth-order valence-corrected chi connectivity index (χ4v) is 1.71. The van der Waals surface area contributed by atoms with Crippen molar-refractivity contribution in [1.29, 1.82) is 0 Å². The van der Waals surface area contributed by atoms with Gasteiger partial charge in [0, 0.05) is 6.54 Å². The third-order valence-corrected chi connectivity index (χ3v) is 2.76. The topological polar surface area (TPSA) is 68.8 Å². The zero-order valence-electron chi connectivity index (χ0n) is 8.48. The van der Waals surface area contributed by atoms with E-state index in [2.05, 4.69) is 22.6 Å². The lowest BCUT2D eigenvalue weighted by atomic mass is 10.2. The summed E-state index contributed by atoms with van der Waals surface area (Å²) in [5.74, 6) is 0. The van der Waals surface area contributed by atoms with Gasteiger partial charge in [-0.3, -0.25) is 0 Å². The molecule has 1 aromatic rings. The Kier molecular flexibility index (Phi) is 2.79. The van der Waals surface area contributed by atoms with Gasteiger partial charge < -0.3 is 11.1 Å². The van der Waals surface area contributed by atoms with E-state index in [1.165, 1.54) is 0 Å². The van der Waals surface area contributed by atoms with Crippen LogP contribution >= 0.6 is 0 Å². The molecule has 1 aliphatic rings. The van der Waals surface area contributed by atoms with Crippen molar-refractivity contribution in [3.05, 3.63) is 11.9 Å². The van der Waals surface area contributed by atoms with Gasteiger partial charge in [-0.15, -0.1) is 5.10 Å². The molecule has 2 heterocycles. The summed E-state index contributed by atoms with van der Waals surface area (Å²) < 4.78 is 1.94. The average molecular weight is 195 g/mol. The maximum atomic E-state index is 5.87. The predicted molar refractivity (Wildman–Crippen MR) is 53.8 cm³/mol. The van der Waals surface area contributed by atoms with Crippen molar-refractivity contribution in [3.63, 3.8) is 0 Å². The third-order valence-electron chi connectivity index (χ3n) is 2.76. The van der Waals surface area contributed by atoms with Crippen molar-refractivity contribution in [3.8, 4) is 0 Å². The quantitative estimate of drug-likeness (QED) is 0.724. The number of nitrogens with one attached hydrogen (secondary N) is 1. The predicted octanol–water partition coefficient (Wildman–Crippen LogP) is 0.222. The summed E-state index contributed by atoms with van der Waals surface area (Å²) >= 11 is 0. The van der Waals surface area contributed by atoms with Crippen LogP contribution < -0.4 is 11.1 Å². The Morgan fingerprint density at radius 2 is 2.64 bits per heavy atom. The van der Waals surface area contributed by atoms with E-state index < -0.39 is 0 Å². The highest BCUT2D eigenvalue weighted by molar-refractivity contribution is 5.00. The lowest BCUT2D eigenvalue weighted by molar-refractivity contribution is 0.476. The lowest BCUT2D eigenvalue weighted by Crippen LogP contribution is -2.14. The van der Waals surface area contributed by atoms with Gasteiger partial charge in [0.15, 0.2) is 0 Å². The van der Waals surface area contributed by atoms with Gasteiger partial charge in [0.1, 0.15) is 0 Å². The molecule has 2 atom stereocenters. The molecule has 0 amide bonds. The molecule has 0 spiro atoms. The summed E-state index contributed by atoms with van der Waals surface area (Å²) in [6, 6.07) is 0.485. The van der Waals surface area contributed by atoms with Crippen LogP contribution in [0.4, 0.5) is 0 Å². The molecule has 5 nitrogen and oxygen atoms in total. The molecule has 78 valence electrons. The Morgan fingerprint density at radius 1 is 1.79 bits per heavy atom. The van der Waals surface area contributed by atoms with Gasteiger partial charge in [0.25, 0.3) is 0 Å². The summed E-state index contributed by atoms with van der Waals surface area (Å²) in [5.41, 5.74) is 6.78. The second-order valence-corrected chi connectivity index (χ2v) is 3.78. The van der Waals surface area contributed by atoms with E-state index in [9.17, 15) is 0 Å². The molecule has 0 bridgehead atoms. The summed E-state index contributed by atoms with van der Waals surface area (Å²) in [6.07, 6.45) is 4.01. The van der Waals surface area contributed by atoms with E-state index in [-0.39, 0.29) is 6.04 Å². The number of hydrogen-bond acceptors (Lipinski definition) is 4. The van der Waals surface area contributed by atoms with Crippen molar-refractivity contribution in [2.24, 2.45) is 5.73 Å². The van der Waals surface area contributed by atoms with Crippen molar-refractivity contribution in [2.75, 3.05) is 13.1 Å². The van der Waals surface area contributed by atoms with E-state index in [0.717, 1.165) is 31.6 Å².